The lowest BCUT2D eigenvalue weighted by Gasteiger charge is -2.28. The van der Waals surface area contributed by atoms with E-state index in [9.17, 15) is 0 Å². The second kappa shape index (κ2) is 11.4. The Labute approximate surface area is 185 Å². The molecule has 0 atom stereocenters. The molecule has 1 N–H and O–H groups in total. The van der Waals surface area contributed by atoms with Crippen molar-refractivity contribution in [2.45, 2.75) is 53.0 Å². The molecule has 0 aliphatic heterocycles. The van der Waals surface area contributed by atoms with E-state index in [2.05, 4.69) is 53.3 Å². The third-order valence-electron chi connectivity index (χ3n) is 5.78. The fourth-order valence-corrected chi connectivity index (χ4v) is 4.17. The smallest absolute Gasteiger partial charge is 0.223 e. The summed E-state index contributed by atoms with van der Waals surface area (Å²) in [5.41, 5.74) is 3.51. The molecule has 3 rings (SSSR count). The van der Waals surface area contributed by atoms with Crippen molar-refractivity contribution < 1.29 is 4.74 Å². The number of aromatic nitrogens is 3. The standard InChI is InChI=1S/C23H35N5OS/c1-5-28(16-19-8-6-7-9-19)22-20(12-17(2)18(3)27-22)13-24-23-25-14-21(15-26-23)29-10-11-30-4/h12,14-15,19H,5-11,13,16H2,1-4H3,(H,24,25,26). The van der Waals surface area contributed by atoms with Gasteiger partial charge in [-0.15, -0.1) is 0 Å². The van der Waals surface area contributed by atoms with E-state index < -0.39 is 0 Å². The number of hydrogen-bond donors (Lipinski definition) is 1. The highest BCUT2D eigenvalue weighted by atomic mass is 32.2. The molecule has 0 unspecified atom stereocenters. The number of rotatable bonds is 11. The Bertz CT molecular complexity index is 793. The summed E-state index contributed by atoms with van der Waals surface area (Å²) in [6, 6.07) is 2.25. The van der Waals surface area contributed by atoms with Crippen LogP contribution in [-0.4, -0.2) is 46.7 Å². The molecule has 2 aromatic heterocycles. The zero-order valence-electron chi connectivity index (χ0n) is 18.8. The van der Waals surface area contributed by atoms with Crippen molar-refractivity contribution in [1.82, 2.24) is 15.0 Å². The van der Waals surface area contributed by atoms with Crippen LogP contribution in [-0.2, 0) is 6.54 Å². The number of nitrogens with zero attached hydrogens (tertiary/aromatic N) is 4. The first kappa shape index (κ1) is 22.7. The van der Waals surface area contributed by atoms with Crippen LogP contribution in [0.5, 0.6) is 5.75 Å². The van der Waals surface area contributed by atoms with Gasteiger partial charge in [-0.1, -0.05) is 12.8 Å². The quantitative estimate of drug-likeness (QED) is 0.512. The van der Waals surface area contributed by atoms with Crippen molar-refractivity contribution in [3.8, 4) is 5.75 Å². The van der Waals surface area contributed by atoms with Crippen LogP contribution in [0, 0.1) is 19.8 Å². The van der Waals surface area contributed by atoms with E-state index in [1.165, 1.54) is 36.8 Å². The van der Waals surface area contributed by atoms with Crippen molar-refractivity contribution in [1.29, 1.82) is 0 Å². The highest BCUT2D eigenvalue weighted by molar-refractivity contribution is 7.98. The van der Waals surface area contributed by atoms with E-state index >= 15 is 0 Å². The minimum atomic E-state index is 0.607. The number of pyridine rings is 1. The molecule has 1 fully saturated rings. The highest BCUT2D eigenvalue weighted by Gasteiger charge is 2.21. The van der Waals surface area contributed by atoms with Gasteiger partial charge in [-0.3, -0.25) is 0 Å². The van der Waals surface area contributed by atoms with Crippen LogP contribution in [0.2, 0.25) is 0 Å². The molecule has 0 aromatic carbocycles. The molecule has 0 amide bonds. The Morgan fingerprint density at radius 1 is 1.20 bits per heavy atom. The van der Waals surface area contributed by atoms with Crippen molar-refractivity contribution in [2.75, 3.05) is 41.9 Å². The maximum Gasteiger partial charge on any atom is 0.223 e. The fourth-order valence-electron chi connectivity index (χ4n) is 3.92. The maximum absolute atomic E-state index is 5.63. The zero-order chi connectivity index (χ0) is 21.3. The molecule has 6 nitrogen and oxygen atoms in total. The van der Waals surface area contributed by atoms with E-state index in [-0.39, 0.29) is 0 Å². The van der Waals surface area contributed by atoms with Crippen LogP contribution in [0.4, 0.5) is 11.8 Å². The highest BCUT2D eigenvalue weighted by Crippen LogP contribution is 2.29. The molecule has 1 aliphatic rings. The first-order valence-corrected chi connectivity index (χ1v) is 12.4. The van der Waals surface area contributed by atoms with Crippen LogP contribution >= 0.6 is 11.8 Å². The van der Waals surface area contributed by atoms with E-state index in [0.717, 1.165) is 36.3 Å². The molecule has 30 heavy (non-hydrogen) atoms. The fraction of sp³-hybridized carbons (Fsp3) is 0.609. The monoisotopic (exact) mass is 429 g/mol. The Morgan fingerprint density at radius 3 is 2.60 bits per heavy atom. The number of aryl methyl sites for hydroxylation is 2. The van der Waals surface area contributed by atoms with Crippen LogP contribution in [0.25, 0.3) is 0 Å². The molecule has 2 aromatic rings. The van der Waals surface area contributed by atoms with Crippen molar-refractivity contribution in [2.24, 2.45) is 5.92 Å². The Kier molecular flexibility index (Phi) is 8.61. The van der Waals surface area contributed by atoms with Gasteiger partial charge in [0.05, 0.1) is 19.0 Å². The van der Waals surface area contributed by atoms with E-state index in [4.69, 9.17) is 9.72 Å². The number of thioether (sulfide) groups is 1. The van der Waals surface area contributed by atoms with Gasteiger partial charge in [-0.05, 0) is 57.4 Å². The Hall–Kier alpha value is -2.02. The van der Waals surface area contributed by atoms with Gasteiger partial charge in [-0.2, -0.15) is 11.8 Å². The Balaban J connectivity index is 1.69. The minimum Gasteiger partial charge on any atom is -0.489 e. The minimum absolute atomic E-state index is 0.607. The third kappa shape index (κ3) is 6.24. The van der Waals surface area contributed by atoms with Gasteiger partial charge in [-0.25, -0.2) is 15.0 Å². The first-order valence-electron chi connectivity index (χ1n) is 11.0. The van der Waals surface area contributed by atoms with E-state index in [1.807, 2.05) is 0 Å². The molecule has 0 radical (unpaired) electrons. The molecule has 7 heteroatoms. The SMILES string of the molecule is CCN(CC1CCCC1)c1nc(C)c(C)cc1CNc1ncc(OCCSC)cn1. The van der Waals surface area contributed by atoms with Gasteiger partial charge in [0, 0.05) is 36.6 Å². The molecule has 1 saturated carbocycles. The number of anilines is 2. The van der Waals surface area contributed by atoms with E-state index in [1.54, 1.807) is 24.2 Å². The molecule has 2 heterocycles. The predicted molar refractivity (Wildman–Crippen MR) is 127 cm³/mol. The summed E-state index contributed by atoms with van der Waals surface area (Å²) >= 11 is 1.76. The summed E-state index contributed by atoms with van der Waals surface area (Å²) in [7, 11) is 0. The third-order valence-corrected chi connectivity index (χ3v) is 6.35. The second-order valence-electron chi connectivity index (χ2n) is 8.00. The lowest BCUT2D eigenvalue weighted by atomic mass is 10.1. The first-order chi connectivity index (χ1) is 14.6. The van der Waals surface area contributed by atoms with Gasteiger partial charge in [0.15, 0.2) is 5.75 Å². The molecule has 0 spiro atoms. The van der Waals surface area contributed by atoms with Gasteiger partial charge in [0.1, 0.15) is 5.82 Å². The zero-order valence-corrected chi connectivity index (χ0v) is 19.6. The number of hydrogen-bond acceptors (Lipinski definition) is 7. The summed E-state index contributed by atoms with van der Waals surface area (Å²) in [4.78, 5) is 16.2. The lowest BCUT2D eigenvalue weighted by molar-refractivity contribution is 0.341. The topological polar surface area (TPSA) is 63.2 Å². The normalized spacial score (nSPS) is 14.1. The number of ether oxygens (including phenoxy) is 1. The summed E-state index contributed by atoms with van der Waals surface area (Å²) < 4.78 is 5.63. The summed E-state index contributed by atoms with van der Waals surface area (Å²) in [6.45, 7) is 9.83. The van der Waals surface area contributed by atoms with Gasteiger partial charge in [0.25, 0.3) is 0 Å². The molecule has 0 bridgehead atoms. The van der Waals surface area contributed by atoms with Crippen LogP contribution in [0.1, 0.15) is 49.4 Å². The van der Waals surface area contributed by atoms with Gasteiger partial charge >= 0.3 is 0 Å². The van der Waals surface area contributed by atoms with E-state index in [0.29, 0.717) is 24.8 Å². The largest absolute Gasteiger partial charge is 0.489 e. The second-order valence-corrected chi connectivity index (χ2v) is 8.99. The molecule has 1 aliphatic carbocycles. The number of nitrogens with one attached hydrogen (secondary N) is 1. The summed E-state index contributed by atoms with van der Waals surface area (Å²) in [5.74, 6) is 4.15. The molecule has 164 valence electrons. The molecule has 0 saturated heterocycles. The summed E-state index contributed by atoms with van der Waals surface area (Å²) in [6.07, 6.45) is 10.9. The Morgan fingerprint density at radius 2 is 1.93 bits per heavy atom. The lowest BCUT2D eigenvalue weighted by Crippen LogP contribution is -2.30. The van der Waals surface area contributed by atoms with Crippen LogP contribution in [0.3, 0.4) is 0 Å². The average molecular weight is 430 g/mol. The average Bonchev–Trinajstić information content (AvgIpc) is 3.27. The van der Waals surface area contributed by atoms with Crippen molar-refractivity contribution in [3.63, 3.8) is 0 Å². The van der Waals surface area contributed by atoms with Gasteiger partial charge < -0.3 is 15.0 Å². The molecular weight excluding hydrogens is 394 g/mol. The van der Waals surface area contributed by atoms with Crippen LogP contribution < -0.4 is 15.0 Å². The predicted octanol–water partition coefficient (Wildman–Crippen LogP) is 4.86. The maximum atomic E-state index is 5.63. The van der Waals surface area contributed by atoms with Crippen LogP contribution in [0.15, 0.2) is 18.5 Å². The van der Waals surface area contributed by atoms with Crippen molar-refractivity contribution in [3.05, 3.63) is 35.3 Å². The van der Waals surface area contributed by atoms with Gasteiger partial charge in [0.2, 0.25) is 5.95 Å². The van der Waals surface area contributed by atoms with Crippen molar-refractivity contribution >= 4 is 23.5 Å². The summed E-state index contributed by atoms with van der Waals surface area (Å²) in [5, 5.41) is 3.37. The molecular formula is C23H35N5OS.